The van der Waals surface area contributed by atoms with Gasteiger partial charge in [-0.15, -0.1) is 5.10 Å². The Kier molecular flexibility index (Phi) is 2.94. The van der Waals surface area contributed by atoms with Crippen LogP contribution in [0.4, 0.5) is 0 Å². The number of fused-ring (bicyclic) bond motifs is 1. The van der Waals surface area contributed by atoms with E-state index in [0.29, 0.717) is 11.6 Å². The topological polar surface area (TPSA) is 71.2 Å². The average Bonchev–Trinajstić information content (AvgIpc) is 2.82. The van der Waals surface area contributed by atoms with E-state index >= 15 is 0 Å². The summed E-state index contributed by atoms with van der Waals surface area (Å²) in [7, 11) is 2.12. The van der Waals surface area contributed by atoms with Crippen molar-refractivity contribution in [2.24, 2.45) is 0 Å². The van der Waals surface area contributed by atoms with Gasteiger partial charge in [0.05, 0.1) is 17.1 Å². The van der Waals surface area contributed by atoms with Gasteiger partial charge in [0.25, 0.3) is 0 Å². The summed E-state index contributed by atoms with van der Waals surface area (Å²) in [4.78, 5) is 13.2. The first-order valence-electron chi connectivity index (χ1n) is 6.42. The van der Waals surface area contributed by atoms with Crippen LogP contribution in [-0.4, -0.2) is 51.1 Å². The summed E-state index contributed by atoms with van der Waals surface area (Å²) < 4.78 is 1.94. The van der Waals surface area contributed by atoms with Gasteiger partial charge in [0.1, 0.15) is 5.52 Å². The highest BCUT2D eigenvalue weighted by Crippen LogP contribution is 2.25. The number of aromatic nitrogens is 3. The van der Waals surface area contributed by atoms with Crippen LogP contribution in [0.3, 0.4) is 0 Å². The predicted octanol–water partition coefficient (Wildman–Crippen LogP) is 1.40. The van der Waals surface area contributed by atoms with Gasteiger partial charge >= 0.3 is 5.97 Å². The number of carbonyl (C=O) groups is 1. The molecule has 19 heavy (non-hydrogen) atoms. The molecule has 0 spiro atoms. The lowest BCUT2D eigenvalue weighted by Crippen LogP contribution is -2.31. The molecule has 1 aliphatic rings. The molecule has 0 unspecified atom stereocenters. The Morgan fingerprint density at radius 3 is 2.79 bits per heavy atom. The summed E-state index contributed by atoms with van der Waals surface area (Å²) in [6.07, 6.45) is 2.10. The van der Waals surface area contributed by atoms with Crippen molar-refractivity contribution in [1.82, 2.24) is 19.9 Å². The van der Waals surface area contributed by atoms with Crippen LogP contribution in [-0.2, 0) is 0 Å². The molecule has 0 saturated carbocycles. The minimum absolute atomic E-state index is 0.253. The molecule has 0 aliphatic carbocycles. The third-order valence-electron chi connectivity index (χ3n) is 3.75. The molecular formula is C13H16N4O2. The van der Waals surface area contributed by atoms with Crippen molar-refractivity contribution in [1.29, 1.82) is 0 Å². The number of hydrogen-bond acceptors (Lipinski definition) is 4. The molecule has 100 valence electrons. The molecule has 0 atom stereocenters. The number of rotatable bonds is 2. The zero-order chi connectivity index (χ0) is 13.4. The van der Waals surface area contributed by atoms with E-state index in [1.54, 1.807) is 18.2 Å². The van der Waals surface area contributed by atoms with E-state index in [2.05, 4.69) is 22.3 Å². The highest BCUT2D eigenvalue weighted by molar-refractivity contribution is 5.92. The summed E-state index contributed by atoms with van der Waals surface area (Å²) in [5, 5.41) is 17.3. The molecule has 6 nitrogen and oxygen atoms in total. The number of piperidine rings is 1. The lowest BCUT2D eigenvalue weighted by molar-refractivity contribution is 0.0697. The Morgan fingerprint density at radius 1 is 1.37 bits per heavy atom. The molecule has 1 aromatic heterocycles. The molecule has 6 heteroatoms. The van der Waals surface area contributed by atoms with Crippen LogP contribution < -0.4 is 0 Å². The SMILES string of the molecule is CN1CCC(n2nnc3cc(C(=O)O)ccc32)CC1. The molecule has 2 heterocycles. The fourth-order valence-electron chi connectivity index (χ4n) is 2.58. The number of nitrogens with zero attached hydrogens (tertiary/aromatic N) is 4. The molecule has 0 radical (unpaired) electrons. The molecule has 1 fully saturated rings. The van der Waals surface area contributed by atoms with Gasteiger partial charge in [0.2, 0.25) is 0 Å². The maximum absolute atomic E-state index is 10.9. The van der Waals surface area contributed by atoms with E-state index in [1.807, 2.05) is 4.68 Å². The molecule has 3 rings (SSSR count). The molecule has 1 aliphatic heterocycles. The normalized spacial score (nSPS) is 17.9. The van der Waals surface area contributed by atoms with Crippen LogP contribution in [0, 0.1) is 0 Å². The van der Waals surface area contributed by atoms with Gasteiger partial charge in [-0.25, -0.2) is 9.48 Å². The van der Waals surface area contributed by atoms with Crippen LogP contribution in [0.5, 0.6) is 0 Å². The highest BCUT2D eigenvalue weighted by Gasteiger charge is 2.21. The number of carboxylic acid groups (broad SMARTS) is 1. The Hall–Kier alpha value is -1.95. The van der Waals surface area contributed by atoms with Crippen molar-refractivity contribution in [2.45, 2.75) is 18.9 Å². The predicted molar refractivity (Wildman–Crippen MR) is 70.3 cm³/mol. The zero-order valence-corrected chi connectivity index (χ0v) is 10.8. The lowest BCUT2D eigenvalue weighted by atomic mass is 10.1. The molecule has 1 saturated heterocycles. The first-order chi connectivity index (χ1) is 9.15. The van der Waals surface area contributed by atoms with E-state index < -0.39 is 5.97 Å². The Balaban J connectivity index is 1.95. The second-order valence-electron chi connectivity index (χ2n) is 5.08. The van der Waals surface area contributed by atoms with Gasteiger partial charge in [-0.1, -0.05) is 5.21 Å². The molecule has 1 aromatic carbocycles. The van der Waals surface area contributed by atoms with Gasteiger partial charge in [-0.2, -0.15) is 0 Å². The van der Waals surface area contributed by atoms with Crippen molar-refractivity contribution in [3.8, 4) is 0 Å². The van der Waals surface area contributed by atoms with Crippen molar-refractivity contribution in [2.75, 3.05) is 20.1 Å². The quantitative estimate of drug-likeness (QED) is 0.883. The second-order valence-corrected chi connectivity index (χ2v) is 5.08. The summed E-state index contributed by atoms with van der Waals surface area (Å²) in [5.74, 6) is -0.934. The summed E-state index contributed by atoms with van der Waals surface area (Å²) in [5.41, 5.74) is 1.82. The first kappa shape index (κ1) is 12.1. The van der Waals surface area contributed by atoms with E-state index in [0.717, 1.165) is 31.4 Å². The first-order valence-corrected chi connectivity index (χ1v) is 6.42. The van der Waals surface area contributed by atoms with Gasteiger partial charge in [0.15, 0.2) is 0 Å². The molecule has 0 bridgehead atoms. The van der Waals surface area contributed by atoms with Gasteiger partial charge in [-0.05, 0) is 51.2 Å². The van der Waals surface area contributed by atoms with Crippen LogP contribution in [0.15, 0.2) is 18.2 Å². The van der Waals surface area contributed by atoms with Crippen molar-refractivity contribution >= 4 is 17.0 Å². The summed E-state index contributed by atoms with van der Waals surface area (Å²) in [6, 6.07) is 5.35. The van der Waals surface area contributed by atoms with Crippen LogP contribution >= 0.6 is 0 Å². The smallest absolute Gasteiger partial charge is 0.335 e. The van der Waals surface area contributed by atoms with E-state index in [9.17, 15) is 4.79 Å². The van der Waals surface area contributed by atoms with E-state index in [1.165, 1.54) is 0 Å². The summed E-state index contributed by atoms with van der Waals surface area (Å²) in [6.45, 7) is 2.11. The van der Waals surface area contributed by atoms with Crippen molar-refractivity contribution in [3.05, 3.63) is 23.8 Å². The highest BCUT2D eigenvalue weighted by atomic mass is 16.4. The van der Waals surface area contributed by atoms with E-state index in [-0.39, 0.29) is 5.56 Å². The van der Waals surface area contributed by atoms with Crippen molar-refractivity contribution in [3.63, 3.8) is 0 Å². The maximum atomic E-state index is 10.9. The lowest BCUT2D eigenvalue weighted by Gasteiger charge is -2.28. The minimum atomic E-state index is -0.934. The summed E-state index contributed by atoms with van der Waals surface area (Å²) >= 11 is 0. The van der Waals surface area contributed by atoms with Gasteiger partial charge < -0.3 is 10.0 Å². The number of benzene rings is 1. The third-order valence-corrected chi connectivity index (χ3v) is 3.75. The minimum Gasteiger partial charge on any atom is -0.478 e. The largest absolute Gasteiger partial charge is 0.478 e. The van der Waals surface area contributed by atoms with Crippen LogP contribution in [0.2, 0.25) is 0 Å². The monoisotopic (exact) mass is 260 g/mol. The zero-order valence-electron chi connectivity index (χ0n) is 10.8. The fourth-order valence-corrected chi connectivity index (χ4v) is 2.58. The molecule has 1 N–H and O–H groups in total. The Bertz CT molecular complexity index is 614. The fraction of sp³-hybridized carbons (Fsp3) is 0.462. The Morgan fingerprint density at radius 2 is 2.11 bits per heavy atom. The molecule has 0 amide bonds. The number of hydrogen-bond donors (Lipinski definition) is 1. The Labute approximate surface area is 110 Å². The maximum Gasteiger partial charge on any atom is 0.335 e. The standard InChI is InChI=1S/C13H16N4O2/c1-16-6-4-10(5-7-16)17-12-3-2-9(13(18)19)8-11(12)14-15-17/h2-3,8,10H,4-7H2,1H3,(H,18,19). The number of likely N-dealkylation sites (tertiary alicyclic amines) is 1. The van der Waals surface area contributed by atoms with Gasteiger partial charge in [-0.3, -0.25) is 0 Å². The van der Waals surface area contributed by atoms with Crippen LogP contribution in [0.1, 0.15) is 29.2 Å². The molecule has 2 aromatic rings. The number of aromatic carboxylic acids is 1. The van der Waals surface area contributed by atoms with Crippen LogP contribution in [0.25, 0.3) is 11.0 Å². The average molecular weight is 260 g/mol. The second kappa shape index (κ2) is 4.62. The van der Waals surface area contributed by atoms with E-state index in [4.69, 9.17) is 5.11 Å². The molecular weight excluding hydrogens is 244 g/mol. The van der Waals surface area contributed by atoms with Gasteiger partial charge in [0, 0.05) is 0 Å². The van der Waals surface area contributed by atoms with Crippen molar-refractivity contribution < 1.29 is 9.90 Å². The third kappa shape index (κ3) is 2.19. The number of carboxylic acids is 1.